The van der Waals surface area contributed by atoms with Crippen LogP contribution < -0.4 is 5.84 Å². The standard InChI is InChI=1S/C5H8N2O3/c1-3(8)10-5-2-4(9)7(5)6/h5H,2,6H2,1H3. The van der Waals surface area contributed by atoms with Crippen molar-refractivity contribution in [1.82, 2.24) is 5.01 Å². The lowest BCUT2D eigenvalue weighted by atomic mass is 10.2. The molecular weight excluding hydrogens is 136 g/mol. The molecule has 0 radical (unpaired) electrons. The van der Waals surface area contributed by atoms with Crippen molar-refractivity contribution in [3.8, 4) is 0 Å². The Morgan fingerprint density at radius 3 is 2.80 bits per heavy atom. The Labute approximate surface area is 57.7 Å². The van der Waals surface area contributed by atoms with Crippen LogP contribution in [-0.2, 0) is 14.3 Å². The highest BCUT2D eigenvalue weighted by Crippen LogP contribution is 2.14. The maximum Gasteiger partial charge on any atom is 0.304 e. The van der Waals surface area contributed by atoms with Crippen molar-refractivity contribution in [2.75, 3.05) is 0 Å². The average molecular weight is 144 g/mol. The van der Waals surface area contributed by atoms with Crippen molar-refractivity contribution in [1.29, 1.82) is 0 Å². The monoisotopic (exact) mass is 144 g/mol. The van der Waals surface area contributed by atoms with Crippen LogP contribution in [0.1, 0.15) is 13.3 Å². The first-order chi connectivity index (χ1) is 4.61. The summed E-state index contributed by atoms with van der Waals surface area (Å²) in [5.41, 5.74) is 0. The molecule has 1 unspecified atom stereocenters. The predicted molar refractivity (Wildman–Crippen MR) is 31.2 cm³/mol. The molecular formula is C5H8N2O3. The van der Waals surface area contributed by atoms with Crippen molar-refractivity contribution >= 4 is 11.9 Å². The number of hydrogen-bond acceptors (Lipinski definition) is 4. The molecule has 0 bridgehead atoms. The molecule has 1 amide bonds. The molecule has 0 aliphatic carbocycles. The Morgan fingerprint density at radius 2 is 2.50 bits per heavy atom. The average Bonchev–Trinajstić information content (AvgIpc) is 1.86. The number of hydrogen-bond donors (Lipinski definition) is 1. The summed E-state index contributed by atoms with van der Waals surface area (Å²) in [5.74, 6) is 4.50. The van der Waals surface area contributed by atoms with Crippen LogP contribution in [0.25, 0.3) is 0 Å². The van der Waals surface area contributed by atoms with E-state index in [4.69, 9.17) is 5.84 Å². The van der Waals surface area contributed by atoms with Crippen LogP contribution >= 0.6 is 0 Å². The highest BCUT2D eigenvalue weighted by molar-refractivity contribution is 5.82. The molecule has 0 aromatic rings. The second kappa shape index (κ2) is 2.26. The number of ether oxygens (including phenoxy) is 1. The topological polar surface area (TPSA) is 72.6 Å². The van der Waals surface area contributed by atoms with E-state index in [2.05, 4.69) is 4.74 Å². The Hall–Kier alpha value is -1.10. The molecule has 0 saturated carbocycles. The van der Waals surface area contributed by atoms with Crippen LogP contribution in [0.5, 0.6) is 0 Å². The molecule has 1 saturated heterocycles. The summed E-state index contributed by atoms with van der Waals surface area (Å²) in [6.45, 7) is 1.27. The molecule has 1 rings (SSSR count). The van der Waals surface area contributed by atoms with Crippen molar-refractivity contribution < 1.29 is 14.3 Å². The van der Waals surface area contributed by atoms with E-state index in [1.807, 2.05) is 0 Å². The quantitative estimate of drug-likeness (QED) is 0.221. The maximum atomic E-state index is 10.4. The van der Waals surface area contributed by atoms with E-state index in [0.29, 0.717) is 0 Å². The number of carbonyl (C=O) groups excluding carboxylic acids is 2. The minimum absolute atomic E-state index is 0.203. The van der Waals surface area contributed by atoms with Crippen LogP contribution in [0.4, 0.5) is 0 Å². The highest BCUT2D eigenvalue weighted by Gasteiger charge is 2.36. The molecule has 1 aliphatic heterocycles. The first kappa shape index (κ1) is 7.01. The molecule has 1 aliphatic rings. The van der Waals surface area contributed by atoms with Crippen LogP contribution in [0.2, 0.25) is 0 Å². The van der Waals surface area contributed by atoms with Gasteiger partial charge in [-0.25, -0.2) is 10.9 Å². The van der Waals surface area contributed by atoms with E-state index >= 15 is 0 Å². The van der Waals surface area contributed by atoms with Crippen LogP contribution in [-0.4, -0.2) is 23.1 Å². The summed E-state index contributed by atoms with van der Waals surface area (Å²) in [6, 6.07) is 0. The van der Waals surface area contributed by atoms with Gasteiger partial charge in [-0.1, -0.05) is 0 Å². The zero-order valence-electron chi connectivity index (χ0n) is 5.53. The number of amides is 1. The fraction of sp³-hybridized carbons (Fsp3) is 0.600. The van der Waals surface area contributed by atoms with Gasteiger partial charge in [-0.3, -0.25) is 9.59 Å². The van der Waals surface area contributed by atoms with Gasteiger partial charge in [0.2, 0.25) is 5.91 Å². The third kappa shape index (κ3) is 1.08. The molecule has 1 atom stereocenters. The van der Waals surface area contributed by atoms with Gasteiger partial charge in [0.15, 0.2) is 6.23 Å². The van der Waals surface area contributed by atoms with E-state index in [0.717, 1.165) is 5.01 Å². The summed E-state index contributed by atoms with van der Waals surface area (Å²) < 4.78 is 4.61. The smallest absolute Gasteiger partial charge is 0.304 e. The lowest BCUT2D eigenvalue weighted by Crippen LogP contribution is -2.58. The number of nitrogens with two attached hydrogens (primary N) is 1. The Kier molecular flexibility index (Phi) is 1.58. The van der Waals surface area contributed by atoms with Crippen LogP contribution in [0.15, 0.2) is 0 Å². The largest absolute Gasteiger partial charge is 0.440 e. The SMILES string of the molecule is CC(=O)OC1CC(=O)N1N. The number of hydrazine groups is 1. The molecule has 0 aromatic carbocycles. The minimum atomic E-state index is -0.537. The third-order valence-electron chi connectivity index (χ3n) is 1.25. The molecule has 56 valence electrons. The van der Waals surface area contributed by atoms with E-state index in [-0.39, 0.29) is 12.3 Å². The van der Waals surface area contributed by atoms with E-state index < -0.39 is 12.2 Å². The van der Waals surface area contributed by atoms with E-state index in [1.54, 1.807) is 0 Å². The summed E-state index contributed by atoms with van der Waals surface area (Å²) >= 11 is 0. The molecule has 10 heavy (non-hydrogen) atoms. The van der Waals surface area contributed by atoms with E-state index in [1.165, 1.54) is 6.92 Å². The van der Waals surface area contributed by atoms with Gasteiger partial charge in [-0.05, 0) is 0 Å². The van der Waals surface area contributed by atoms with Gasteiger partial charge < -0.3 is 4.74 Å². The van der Waals surface area contributed by atoms with Gasteiger partial charge >= 0.3 is 5.97 Å². The summed E-state index contributed by atoms with van der Waals surface area (Å²) in [6.07, 6.45) is -0.333. The Bertz CT molecular complexity index is 180. The normalized spacial score (nSPS) is 24.0. The Balaban J connectivity index is 2.34. The van der Waals surface area contributed by atoms with Gasteiger partial charge in [0.25, 0.3) is 0 Å². The van der Waals surface area contributed by atoms with Crippen molar-refractivity contribution in [2.45, 2.75) is 19.6 Å². The lowest BCUT2D eigenvalue weighted by molar-refractivity contribution is -0.182. The van der Waals surface area contributed by atoms with Crippen molar-refractivity contribution in [3.05, 3.63) is 0 Å². The molecule has 1 fully saturated rings. The number of esters is 1. The minimum Gasteiger partial charge on any atom is -0.440 e. The second-order valence-corrected chi connectivity index (χ2v) is 2.07. The van der Waals surface area contributed by atoms with Crippen LogP contribution in [0, 0.1) is 0 Å². The molecule has 0 spiro atoms. The zero-order chi connectivity index (χ0) is 7.72. The van der Waals surface area contributed by atoms with E-state index in [9.17, 15) is 9.59 Å². The van der Waals surface area contributed by atoms with Gasteiger partial charge in [-0.2, -0.15) is 0 Å². The molecule has 5 heteroatoms. The lowest BCUT2D eigenvalue weighted by Gasteiger charge is -2.34. The van der Waals surface area contributed by atoms with Gasteiger partial charge in [-0.15, -0.1) is 0 Å². The van der Waals surface area contributed by atoms with Crippen molar-refractivity contribution in [2.24, 2.45) is 5.84 Å². The number of β-lactam (4-membered cyclic amide) rings is 1. The zero-order valence-corrected chi connectivity index (χ0v) is 5.53. The molecule has 2 N–H and O–H groups in total. The Morgan fingerprint density at radius 1 is 1.90 bits per heavy atom. The van der Waals surface area contributed by atoms with Gasteiger partial charge in [0.1, 0.15) is 0 Å². The predicted octanol–water partition coefficient (Wildman–Crippen LogP) is -1.02. The van der Waals surface area contributed by atoms with Gasteiger partial charge in [0, 0.05) is 6.92 Å². The molecule has 0 aromatic heterocycles. The van der Waals surface area contributed by atoms with Crippen molar-refractivity contribution in [3.63, 3.8) is 0 Å². The molecule has 5 nitrogen and oxygen atoms in total. The summed E-state index contributed by atoms with van der Waals surface area (Å²) in [7, 11) is 0. The summed E-state index contributed by atoms with van der Waals surface area (Å²) in [4.78, 5) is 20.7. The first-order valence-electron chi connectivity index (χ1n) is 2.85. The third-order valence-corrected chi connectivity index (χ3v) is 1.25. The number of rotatable bonds is 1. The number of nitrogens with zero attached hydrogens (tertiary/aromatic N) is 1. The second-order valence-electron chi connectivity index (χ2n) is 2.07. The summed E-state index contributed by atoms with van der Waals surface area (Å²) in [5, 5.41) is 0.904. The molecule has 1 heterocycles. The fourth-order valence-electron chi connectivity index (χ4n) is 0.691. The highest BCUT2D eigenvalue weighted by atomic mass is 16.6. The number of carbonyl (C=O) groups is 2. The fourth-order valence-corrected chi connectivity index (χ4v) is 0.691. The van der Waals surface area contributed by atoms with Gasteiger partial charge in [0.05, 0.1) is 6.42 Å². The maximum absolute atomic E-state index is 10.4. The van der Waals surface area contributed by atoms with Crippen LogP contribution in [0.3, 0.4) is 0 Å². The first-order valence-corrected chi connectivity index (χ1v) is 2.85.